The van der Waals surface area contributed by atoms with Gasteiger partial charge in [-0.15, -0.1) is 0 Å². The number of halogens is 2. The molecular formula is C15H13ClFNO. The van der Waals surface area contributed by atoms with Crippen LogP contribution in [0.25, 0.3) is 0 Å². The standard InChI is InChI=1S/C15H13ClFNO/c16-15-9-12(17)4-3-11(15)8-14(19)7-10-1-5-13(18)6-2-10/h1-6,9H,7-8,18H2. The van der Waals surface area contributed by atoms with Crippen LogP contribution >= 0.6 is 11.6 Å². The van der Waals surface area contributed by atoms with Crippen LogP contribution in [-0.4, -0.2) is 5.78 Å². The van der Waals surface area contributed by atoms with Crippen molar-refractivity contribution < 1.29 is 9.18 Å². The third-order valence-corrected chi connectivity index (χ3v) is 3.14. The van der Waals surface area contributed by atoms with Crippen molar-refractivity contribution in [3.63, 3.8) is 0 Å². The molecule has 98 valence electrons. The van der Waals surface area contributed by atoms with Crippen LogP contribution in [0.3, 0.4) is 0 Å². The molecule has 0 spiro atoms. The fraction of sp³-hybridized carbons (Fsp3) is 0.133. The lowest BCUT2D eigenvalue weighted by molar-refractivity contribution is -0.117. The minimum absolute atomic E-state index is 0.0262. The van der Waals surface area contributed by atoms with Gasteiger partial charge in [0.25, 0.3) is 0 Å². The van der Waals surface area contributed by atoms with Gasteiger partial charge in [-0.2, -0.15) is 0 Å². The molecule has 2 rings (SSSR count). The Morgan fingerprint density at radius 2 is 1.79 bits per heavy atom. The van der Waals surface area contributed by atoms with Crippen molar-refractivity contribution in [2.24, 2.45) is 0 Å². The molecule has 2 nitrogen and oxygen atoms in total. The SMILES string of the molecule is Nc1ccc(CC(=O)Cc2ccc(F)cc2Cl)cc1. The van der Waals surface area contributed by atoms with Crippen LogP contribution in [0.2, 0.25) is 5.02 Å². The number of hydrogen-bond donors (Lipinski definition) is 1. The van der Waals surface area contributed by atoms with E-state index in [9.17, 15) is 9.18 Å². The van der Waals surface area contributed by atoms with Crippen LogP contribution in [0, 0.1) is 5.82 Å². The third-order valence-electron chi connectivity index (χ3n) is 2.78. The molecule has 0 aliphatic heterocycles. The molecule has 0 fully saturated rings. The Kier molecular flexibility index (Phi) is 4.17. The minimum Gasteiger partial charge on any atom is -0.399 e. The van der Waals surface area contributed by atoms with Gasteiger partial charge in [0.2, 0.25) is 0 Å². The molecule has 0 unspecified atom stereocenters. The van der Waals surface area contributed by atoms with Crippen molar-refractivity contribution in [1.82, 2.24) is 0 Å². The van der Waals surface area contributed by atoms with E-state index in [1.165, 1.54) is 12.1 Å². The molecule has 0 aromatic heterocycles. The molecular weight excluding hydrogens is 265 g/mol. The van der Waals surface area contributed by atoms with E-state index in [1.54, 1.807) is 18.2 Å². The van der Waals surface area contributed by atoms with Gasteiger partial charge in [-0.05, 0) is 35.4 Å². The second-order valence-electron chi connectivity index (χ2n) is 4.37. The first-order valence-corrected chi connectivity index (χ1v) is 6.22. The van der Waals surface area contributed by atoms with Crippen molar-refractivity contribution >= 4 is 23.1 Å². The second kappa shape index (κ2) is 5.85. The summed E-state index contributed by atoms with van der Waals surface area (Å²) in [7, 11) is 0. The van der Waals surface area contributed by atoms with E-state index in [4.69, 9.17) is 17.3 Å². The number of nitrogens with two attached hydrogens (primary N) is 1. The van der Waals surface area contributed by atoms with Gasteiger partial charge in [0.15, 0.2) is 0 Å². The number of hydrogen-bond acceptors (Lipinski definition) is 2. The van der Waals surface area contributed by atoms with Gasteiger partial charge in [-0.3, -0.25) is 4.79 Å². The first-order chi connectivity index (χ1) is 9.04. The molecule has 0 heterocycles. The number of benzene rings is 2. The lowest BCUT2D eigenvalue weighted by Gasteiger charge is -2.04. The number of rotatable bonds is 4. The first kappa shape index (κ1) is 13.6. The maximum Gasteiger partial charge on any atom is 0.141 e. The highest BCUT2D eigenvalue weighted by atomic mass is 35.5. The number of ketones is 1. The fourth-order valence-corrected chi connectivity index (χ4v) is 2.04. The summed E-state index contributed by atoms with van der Waals surface area (Å²) in [6, 6.07) is 11.2. The molecule has 0 atom stereocenters. The van der Waals surface area contributed by atoms with Crippen molar-refractivity contribution in [3.8, 4) is 0 Å². The largest absolute Gasteiger partial charge is 0.399 e. The van der Waals surface area contributed by atoms with Crippen LogP contribution in [-0.2, 0) is 17.6 Å². The van der Waals surface area contributed by atoms with Crippen LogP contribution < -0.4 is 5.73 Å². The number of carbonyl (C=O) groups excluding carboxylic acids is 1. The van der Waals surface area contributed by atoms with Crippen molar-refractivity contribution in [1.29, 1.82) is 0 Å². The summed E-state index contributed by atoms with van der Waals surface area (Å²) in [4.78, 5) is 11.9. The molecule has 4 heteroatoms. The first-order valence-electron chi connectivity index (χ1n) is 5.84. The van der Waals surface area contributed by atoms with E-state index in [2.05, 4.69) is 0 Å². The van der Waals surface area contributed by atoms with Gasteiger partial charge in [-0.25, -0.2) is 4.39 Å². The average Bonchev–Trinajstić information content (AvgIpc) is 2.36. The molecule has 0 radical (unpaired) electrons. The summed E-state index contributed by atoms with van der Waals surface area (Å²) in [5, 5.41) is 0.283. The molecule has 2 aromatic carbocycles. The van der Waals surface area contributed by atoms with Crippen LogP contribution in [0.15, 0.2) is 42.5 Å². The summed E-state index contributed by atoms with van der Waals surface area (Å²) in [6.45, 7) is 0. The monoisotopic (exact) mass is 277 g/mol. The average molecular weight is 278 g/mol. The molecule has 0 saturated heterocycles. The van der Waals surface area contributed by atoms with E-state index in [-0.39, 0.29) is 17.2 Å². The Hall–Kier alpha value is -1.87. The summed E-state index contributed by atoms with van der Waals surface area (Å²) in [5.41, 5.74) is 7.78. The Morgan fingerprint density at radius 3 is 2.42 bits per heavy atom. The molecule has 0 aliphatic rings. The van der Waals surface area contributed by atoms with Gasteiger partial charge < -0.3 is 5.73 Å². The minimum atomic E-state index is -0.403. The van der Waals surface area contributed by atoms with E-state index in [0.29, 0.717) is 17.7 Å². The highest BCUT2D eigenvalue weighted by Crippen LogP contribution is 2.18. The van der Waals surface area contributed by atoms with Gasteiger partial charge >= 0.3 is 0 Å². The van der Waals surface area contributed by atoms with Gasteiger partial charge in [-0.1, -0.05) is 29.8 Å². The third kappa shape index (κ3) is 3.80. The van der Waals surface area contributed by atoms with Crippen molar-refractivity contribution in [2.75, 3.05) is 5.73 Å². The molecule has 0 saturated carbocycles. The topological polar surface area (TPSA) is 43.1 Å². The molecule has 0 aliphatic carbocycles. The zero-order valence-electron chi connectivity index (χ0n) is 10.2. The molecule has 19 heavy (non-hydrogen) atoms. The summed E-state index contributed by atoms with van der Waals surface area (Å²) in [6.07, 6.45) is 0.511. The quantitative estimate of drug-likeness (QED) is 0.870. The van der Waals surface area contributed by atoms with Gasteiger partial charge in [0.1, 0.15) is 11.6 Å². The molecule has 0 amide bonds. The summed E-state index contributed by atoms with van der Waals surface area (Å²) >= 11 is 5.89. The molecule has 0 bridgehead atoms. The normalized spacial score (nSPS) is 10.4. The van der Waals surface area contributed by atoms with E-state index in [1.807, 2.05) is 12.1 Å². The van der Waals surface area contributed by atoms with Crippen molar-refractivity contribution in [3.05, 3.63) is 64.4 Å². The Morgan fingerprint density at radius 1 is 1.11 bits per heavy atom. The second-order valence-corrected chi connectivity index (χ2v) is 4.78. The highest BCUT2D eigenvalue weighted by Gasteiger charge is 2.09. The van der Waals surface area contributed by atoms with Crippen LogP contribution in [0.4, 0.5) is 10.1 Å². The van der Waals surface area contributed by atoms with E-state index < -0.39 is 5.82 Å². The predicted octanol–water partition coefficient (Wildman–Crippen LogP) is 3.42. The Balaban J connectivity index is 2.03. The number of nitrogen functional groups attached to an aromatic ring is 1. The van der Waals surface area contributed by atoms with Crippen LogP contribution in [0.5, 0.6) is 0 Å². The highest BCUT2D eigenvalue weighted by molar-refractivity contribution is 6.31. The maximum absolute atomic E-state index is 12.9. The summed E-state index contributed by atoms with van der Waals surface area (Å²) in [5.74, 6) is -0.377. The Labute approximate surface area is 116 Å². The fourth-order valence-electron chi connectivity index (χ4n) is 1.80. The van der Waals surface area contributed by atoms with E-state index >= 15 is 0 Å². The van der Waals surface area contributed by atoms with Crippen LogP contribution in [0.1, 0.15) is 11.1 Å². The Bertz CT molecular complexity index is 596. The maximum atomic E-state index is 12.9. The zero-order chi connectivity index (χ0) is 13.8. The smallest absolute Gasteiger partial charge is 0.141 e. The van der Waals surface area contributed by atoms with Gasteiger partial charge in [0.05, 0.1) is 0 Å². The zero-order valence-corrected chi connectivity index (χ0v) is 11.0. The number of Topliss-reactive ketones (excluding diaryl/α,β-unsaturated/α-hetero) is 1. The molecule has 2 N–H and O–H groups in total. The summed E-state index contributed by atoms with van der Waals surface area (Å²) < 4.78 is 12.9. The van der Waals surface area contributed by atoms with E-state index in [0.717, 1.165) is 5.56 Å². The lowest BCUT2D eigenvalue weighted by atomic mass is 10.0. The van der Waals surface area contributed by atoms with Crippen molar-refractivity contribution in [2.45, 2.75) is 12.8 Å². The van der Waals surface area contributed by atoms with Gasteiger partial charge in [0, 0.05) is 23.6 Å². The number of anilines is 1. The lowest BCUT2D eigenvalue weighted by Crippen LogP contribution is -2.07. The number of carbonyl (C=O) groups is 1. The molecule has 2 aromatic rings. The predicted molar refractivity (Wildman–Crippen MR) is 74.7 cm³/mol.